The highest BCUT2D eigenvalue weighted by Gasteiger charge is 2.20. The van der Waals surface area contributed by atoms with Crippen LogP contribution < -0.4 is 5.32 Å². The highest BCUT2D eigenvalue weighted by Crippen LogP contribution is 2.25. The lowest BCUT2D eigenvalue weighted by molar-refractivity contribution is -0.384. The SMILES string of the molecule is CC(Nc1ncc(Cl)cc1[N+](=O)[O-])C(=O)O. The lowest BCUT2D eigenvalue weighted by Crippen LogP contribution is -2.26. The summed E-state index contributed by atoms with van der Waals surface area (Å²) in [5.74, 6) is -1.25. The summed E-state index contributed by atoms with van der Waals surface area (Å²) in [5.41, 5.74) is -0.361. The summed E-state index contributed by atoms with van der Waals surface area (Å²) in [6, 6.07) is 0.123. The van der Waals surface area contributed by atoms with Crippen molar-refractivity contribution in [1.29, 1.82) is 0 Å². The summed E-state index contributed by atoms with van der Waals surface area (Å²) in [7, 11) is 0. The van der Waals surface area contributed by atoms with Gasteiger partial charge in [0.25, 0.3) is 0 Å². The zero-order chi connectivity index (χ0) is 12.3. The molecule has 0 spiro atoms. The number of nitrogens with zero attached hydrogens (tertiary/aromatic N) is 2. The Morgan fingerprint density at radius 2 is 2.38 bits per heavy atom. The smallest absolute Gasteiger partial charge is 0.325 e. The normalized spacial score (nSPS) is 11.9. The molecule has 8 heteroatoms. The molecule has 0 aromatic carbocycles. The van der Waals surface area contributed by atoms with Crippen LogP contribution in [0.1, 0.15) is 6.92 Å². The van der Waals surface area contributed by atoms with Crippen molar-refractivity contribution in [3.8, 4) is 0 Å². The molecule has 0 radical (unpaired) electrons. The number of nitro groups is 1. The molecule has 1 atom stereocenters. The summed E-state index contributed by atoms with van der Waals surface area (Å²) in [6.07, 6.45) is 1.20. The van der Waals surface area contributed by atoms with E-state index in [-0.39, 0.29) is 16.5 Å². The van der Waals surface area contributed by atoms with Gasteiger partial charge in [0.15, 0.2) is 0 Å². The Bertz CT molecular complexity index is 437. The summed E-state index contributed by atoms with van der Waals surface area (Å²) in [4.78, 5) is 24.2. The maximum Gasteiger partial charge on any atom is 0.325 e. The molecule has 16 heavy (non-hydrogen) atoms. The first-order chi connectivity index (χ1) is 7.41. The number of pyridine rings is 1. The van der Waals surface area contributed by atoms with E-state index < -0.39 is 16.9 Å². The first-order valence-electron chi connectivity index (χ1n) is 4.21. The number of anilines is 1. The zero-order valence-corrected chi connectivity index (χ0v) is 8.93. The highest BCUT2D eigenvalue weighted by molar-refractivity contribution is 6.30. The van der Waals surface area contributed by atoms with Crippen LogP contribution >= 0.6 is 11.6 Å². The molecule has 0 aliphatic rings. The molecule has 0 fully saturated rings. The number of nitrogens with one attached hydrogen (secondary N) is 1. The number of carboxylic acids is 1. The van der Waals surface area contributed by atoms with Gasteiger partial charge in [-0.05, 0) is 6.92 Å². The quantitative estimate of drug-likeness (QED) is 0.615. The molecule has 1 aromatic rings. The maximum atomic E-state index is 10.6. The lowest BCUT2D eigenvalue weighted by Gasteiger charge is -2.09. The van der Waals surface area contributed by atoms with E-state index in [9.17, 15) is 14.9 Å². The summed E-state index contributed by atoms with van der Waals surface area (Å²) < 4.78 is 0. The number of carbonyl (C=O) groups is 1. The van der Waals surface area contributed by atoms with Crippen molar-refractivity contribution >= 4 is 29.1 Å². The first kappa shape index (κ1) is 12.2. The van der Waals surface area contributed by atoms with Gasteiger partial charge in [0, 0.05) is 12.3 Å². The number of hydrogen-bond donors (Lipinski definition) is 2. The molecule has 1 rings (SSSR count). The van der Waals surface area contributed by atoms with Crippen LogP contribution in [0.5, 0.6) is 0 Å². The molecular weight excluding hydrogens is 238 g/mol. The predicted octanol–water partition coefficient (Wildman–Crippen LogP) is 1.53. The topological polar surface area (TPSA) is 105 Å². The Morgan fingerprint density at radius 3 is 2.88 bits per heavy atom. The molecule has 86 valence electrons. The molecule has 0 aliphatic heterocycles. The predicted molar refractivity (Wildman–Crippen MR) is 56.6 cm³/mol. The van der Waals surface area contributed by atoms with Crippen molar-refractivity contribution in [2.24, 2.45) is 0 Å². The van der Waals surface area contributed by atoms with Crippen molar-refractivity contribution in [1.82, 2.24) is 4.98 Å². The summed E-state index contributed by atoms with van der Waals surface area (Å²) in [6.45, 7) is 1.35. The average Bonchev–Trinajstić information content (AvgIpc) is 2.20. The van der Waals surface area contributed by atoms with E-state index in [2.05, 4.69) is 10.3 Å². The monoisotopic (exact) mass is 245 g/mol. The Kier molecular flexibility index (Phi) is 3.62. The fraction of sp³-hybridized carbons (Fsp3) is 0.250. The standard InChI is InChI=1S/C8H8ClN3O4/c1-4(8(13)14)11-7-6(12(15)16)2-5(9)3-10-7/h2-4H,1H3,(H,10,11)(H,13,14). The minimum absolute atomic E-state index is 0.111. The Morgan fingerprint density at radius 1 is 1.75 bits per heavy atom. The van der Waals surface area contributed by atoms with Crippen LogP contribution in [0.25, 0.3) is 0 Å². The molecule has 0 bridgehead atoms. The van der Waals surface area contributed by atoms with Crippen molar-refractivity contribution in [3.63, 3.8) is 0 Å². The Labute approximate surface area is 95.2 Å². The van der Waals surface area contributed by atoms with Gasteiger partial charge in [-0.3, -0.25) is 14.9 Å². The number of halogens is 1. The number of carboxylic acid groups (broad SMARTS) is 1. The minimum Gasteiger partial charge on any atom is -0.480 e. The van der Waals surface area contributed by atoms with Crippen LogP contribution in [-0.4, -0.2) is 27.0 Å². The Hall–Kier alpha value is -1.89. The molecule has 1 heterocycles. The van der Waals surface area contributed by atoms with E-state index >= 15 is 0 Å². The van der Waals surface area contributed by atoms with Gasteiger partial charge in [0.2, 0.25) is 5.82 Å². The summed E-state index contributed by atoms with van der Waals surface area (Å²) in [5, 5.41) is 21.8. The van der Waals surface area contributed by atoms with E-state index in [1.54, 1.807) is 0 Å². The highest BCUT2D eigenvalue weighted by atomic mass is 35.5. The second kappa shape index (κ2) is 4.75. The second-order valence-corrected chi connectivity index (χ2v) is 3.42. The molecule has 0 saturated carbocycles. The van der Waals surface area contributed by atoms with Gasteiger partial charge in [-0.1, -0.05) is 11.6 Å². The van der Waals surface area contributed by atoms with E-state index in [1.807, 2.05) is 0 Å². The van der Waals surface area contributed by atoms with Gasteiger partial charge in [-0.25, -0.2) is 4.98 Å². The van der Waals surface area contributed by atoms with Crippen LogP contribution in [0.2, 0.25) is 5.02 Å². The summed E-state index contributed by atoms with van der Waals surface area (Å²) >= 11 is 5.55. The van der Waals surface area contributed by atoms with Crippen LogP contribution in [-0.2, 0) is 4.79 Å². The van der Waals surface area contributed by atoms with Crippen LogP contribution in [0.15, 0.2) is 12.3 Å². The van der Waals surface area contributed by atoms with Crippen molar-refractivity contribution in [2.75, 3.05) is 5.32 Å². The average molecular weight is 246 g/mol. The fourth-order valence-corrected chi connectivity index (χ4v) is 1.10. The maximum absolute atomic E-state index is 10.6. The Balaban J connectivity index is 3.04. The van der Waals surface area contributed by atoms with Gasteiger partial charge < -0.3 is 10.4 Å². The van der Waals surface area contributed by atoms with E-state index in [4.69, 9.17) is 16.7 Å². The number of rotatable bonds is 4. The van der Waals surface area contributed by atoms with Crippen LogP contribution in [0.4, 0.5) is 11.5 Å². The van der Waals surface area contributed by atoms with Gasteiger partial charge in [0.1, 0.15) is 6.04 Å². The third-order valence-corrected chi connectivity index (χ3v) is 1.96. The zero-order valence-electron chi connectivity index (χ0n) is 8.18. The first-order valence-corrected chi connectivity index (χ1v) is 4.59. The van der Waals surface area contributed by atoms with E-state index in [0.29, 0.717) is 0 Å². The second-order valence-electron chi connectivity index (χ2n) is 2.98. The lowest BCUT2D eigenvalue weighted by atomic mass is 10.3. The van der Waals surface area contributed by atoms with E-state index in [0.717, 1.165) is 6.07 Å². The minimum atomic E-state index is -1.13. The molecule has 1 aromatic heterocycles. The van der Waals surface area contributed by atoms with Crippen molar-refractivity contribution in [2.45, 2.75) is 13.0 Å². The molecular formula is C8H8ClN3O4. The number of hydrogen-bond acceptors (Lipinski definition) is 5. The third-order valence-electron chi connectivity index (χ3n) is 1.75. The van der Waals surface area contributed by atoms with Crippen molar-refractivity contribution < 1.29 is 14.8 Å². The van der Waals surface area contributed by atoms with Crippen molar-refractivity contribution in [3.05, 3.63) is 27.4 Å². The van der Waals surface area contributed by atoms with Gasteiger partial charge in [0.05, 0.1) is 9.95 Å². The fourth-order valence-electron chi connectivity index (χ4n) is 0.946. The number of aliphatic carboxylic acids is 1. The molecule has 2 N–H and O–H groups in total. The number of aromatic nitrogens is 1. The van der Waals surface area contributed by atoms with E-state index in [1.165, 1.54) is 13.1 Å². The van der Waals surface area contributed by atoms with Gasteiger partial charge >= 0.3 is 11.7 Å². The molecule has 1 unspecified atom stereocenters. The molecule has 0 saturated heterocycles. The van der Waals surface area contributed by atoms with Crippen LogP contribution in [0.3, 0.4) is 0 Å². The van der Waals surface area contributed by atoms with Gasteiger partial charge in [-0.2, -0.15) is 0 Å². The largest absolute Gasteiger partial charge is 0.480 e. The van der Waals surface area contributed by atoms with Gasteiger partial charge in [-0.15, -0.1) is 0 Å². The molecule has 0 amide bonds. The van der Waals surface area contributed by atoms with Crippen LogP contribution in [0, 0.1) is 10.1 Å². The third kappa shape index (κ3) is 2.80. The molecule has 0 aliphatic carbocycles. The molecule has 7 nitrogen and oxygen atoms in total.